The Hall–Kier alpha value is -3.58. The number of halogens is 8. The number of anilines is 2. The lowest BCUT2D eigenvalue weighted by molar-refractivity contribution is -0.143. The summed E-state index contributed by atoms with van der Waals surface area (Å²) in [6.07, 6.45) is -10.1. The van der Waals surface area contributed by atoms with E-state index in [-0.39, 0.29) is 54.9 Å². The molecule has 3 heterocycles. The fourth-order valence-corrected chi connectivity index (χ4v) is 5.54. The molecular formula is C26H19Cl2F6N5O2. The highest BCUT2D eigenvalue weighted by molar-refractivity contribution is 6.33. The van der Waals surface area contributed by atoms with Crippen LogP contribution in [0.4, 0.5) is 38.0 Å². The summed E-state index contributed by atoms with van der Waals surface area (Å²) < 4.78 is 80.1. The van der Waals surface area contributed by atoms with E-state index in [1.807, 2.05) is 0 Å². The molecule has 1 spiro atoms. The summed E-state index contributed by atoms with van der Waals surface area (Å²) in [7, 11) is 0. The number of piperidine rings is 1. The lowest BCUT2D eigenvalue weighted by Gasteiger charge is -2.43. The molecule has 0 saturated carbocycles. The third kappa shape index (κ3) is 5.52. The molecule has 2 saturated heterocycles. The predicted octanol–water partition coefficient (Wildman–Crippen LogP) is 6.31. The molecule has 5 rings (SSSR count). The standard InChI is InChI=1S/C26H19Cl2F6N5O2/c27-19-13-20(28)36-23(35-19)38-14-39(18-4-2-1-3-5-18)24(22(38)41)6-8-37(9-7-24)21(40)15-10-16(25(29,30)31)12-17(11-15)26(32,33)34/h1-5,10-13H,6-9,14H2. The van der Waals surface area contributed by atoms with Crippen LogP contribution >= 0.6 is 23.2 Å². The maximum Gasteiger partial charge on any atom is 0.416 e. The van der Waals surface area contributed by atoms with Crippen molar-refractivity contribution in [1.29, 1.82) is 0 Å². The van der Waals surface area contributed by atoms with Gasteiger partial charge in [0.2, 0.25) is 5.95 Å². The average Bonchev–Trinajstić information content (AvgIpc) is 3.19. The molecule has 0 bridgehead atoms. The highest BCUT2D eigenvalue weighted by Crippen LogP contribution is 2.42. The number of carbonyl (C=O) groups is 2. The molecule has 0 N–H and O–H groups in total. The van der Waals surface area contributed by atoms with Gasteiger partial charge in [-0.25, -0.2) is 9.97 Å². The molecule has 15 heteroatoms. The number of para-hydroxylation sites is 1. The van der Waals surface area contributed by atoms with Gasteiger partial charge in [-0.2, -0.15) is 26.3 Å². The molecule has 7 nitrogen and oxygen atoms in total. The molecular weight excluding hydrogens is 599 g/mol. The van der Waals surface area contributed by atoms with Crippen molar-refractivity contribution in [2.24, 2.45) is 0 Å². The van der Waals surface area contributed by atoms with Gasteiger partial charge in [0, 0.05) is 30.4 Å². The quantitative estimate of drug-likeness (QED) is 0.255. The summed E-state index contributed by atoms with van der Waals surface area (Å²) in [5.74, 6) is -1.45. The van der Waals surface area contributed by atoms with Gasteiger partial charge in [-0.1, -0.05) is 41.4 Å². The van der Waals surface area contributed by atoms with E-state index in [9.17, 15) is 35.9 Å². The number of amides is 2. The van der Waals surface area contributed by atoms with E-state index in [2.05, 4.69) is 9.97 Å². The molecule has 0 aliphatic carbocycles. The Morgan fingerprint density at radius 3 is 1.88 bits per heavy atom. The van der Waals surface area contributed by atoms with E-state index >= 15 is 0 Å². The van der Waals surface area contributed by atoms with E-state index < -0.39 is 46.4 Å². The first kappa shape index (κ1) is 28.9. The lowest BCUT2D eigenvalue weighted by Crippen LogP contribution is -2.57. The number of likely N-dealkylation sites (tertiary alicyclic amines) is 1. The Balaban J connectivity index is 1.46. The van der Waals surface area contributed by atoms with Crippen LogP contribution in [0.3, 0.4) is 0 Å². The topological polar surface area (TPSA) is 69.6 Å². The normalized spacial score (nSPS) is 17.5. The summed E-state index contributed by atoms with van der Waals surface area (Å²) in [5.41, 5.74) is -4.45. The Kier molecular flexibility index (Phi) is 7.31. The zero-order valence-corrected chi connectivity index (χ0v) is 22.3. The monoisotopic (exact) mass is 617 g/mol. The molecule has 2 aromatic carbocycles. The largest absolute Gasteiger partial charge is 0.416 e. The zero-order valence-electron chi connectivity index (χ0n) is 20.8. The van der Waals surface area contributed by atoms with Crippen LogP contribution in [-0.4, -0.2) is 52.0 Å². The van der Waals surface area contributed by atoms with Crippen LogP contribution in [0.5, 0.6) is 0 Å². The van der Waals surface area contributed by atoms with Gasteiger partial charge < -0.3 is 9.80 Å². The predicted molar refractivity (Wildman–Crippen MR) is 138 cm³/mol. The van der Waals surface area contributed by atoms with Crippen molar-refractivity contribution in [2.45, 2.75) is 30.7 Å². The van der Waals surface area contributed by atoms with Crippen molar-refractivity contribution in [3.63, 3.8) is 0 Å². The van der Waals surface area contributed by atoms with E-state index in [4.69, 9.17) is 23.2 Å². The third-order valence-corrected chi connectivity index (χ3v) is 7.50. The molecule has 3 aromatic rings. The van der Waals surface area contributed by atoms with Gasteiger partial charge in [-0.3, -0.25) is 14.5 Å². The van der Waals surface area contributed by atoms with Gasteiger partial charge in [0.1, 0.15) is 22.5 Å². The SMILES string of the molecule is O=C(c1cc(C(F)(F)F)cc(C(F)(F)F)c1)N1CCC2(CC1)C(=O)N(c1nc(Cl)cc(Cl)n1)CN2c1ccccc1. The number of nitrogens with zero attached hydrogens (tertiary/aromatic N) is 5. The van der Waals surface area contributed by atoms with Gasteiger partial charge in [0.25, 0.3) is 11.8 Å². The number of benzene rings is 2. The number of alkyl halides is 6. The molecule has 2 fully saturated rings. The van der Waals surface area contributed by atoms with Crippen molar-refractivity contribution >= 4 is 46.7 Å². The Bertz CT molecular complexity index is 1440. The first-order valence-electron chi connectivity index (χ1n) is 12.1. The van der Waals surface area contributed by atoms with Gasteiger partial charge in [-0.15, -0.1) is 0 Å². The molecule has 0 radical (unpaired) electrons. The zero-order chi connectivity index (χ0) is 29.7. The summed E-state index contributed by atoms with van der Waals surface area (Å²) in [6, 6.07) is 11.0. The summed E-state index contributed by atoms with van der Waals surface area (Å²) in [4.78, 5) is 39.6. The Morgan fingerprint density at radius 1 is 0.829 bits per heavy atom. The van der Waals surface area contributed by atoms with Crippen molar-refractivity contribution in [1.82, 2.24) is 14.9 Å². The minimum absolute atomic E-state index is 0.00996. The van der Waals surface area contributed by atoms with Crippen LogP contribution < -0.4 is 9.80 Å². The first-order chi connectivity index (χ1) is 19.2. The Labute approximate surface area is 239 Å². The first-order valence-corrected chi connectivity index (χ1v) is 12.9. The van der Waals surface area contributed by atoms with Gasteiger partial charge in [0.05, 0.1) is 11.1 Å². The van der Waals surface area contributed by atoms with Crippen molar-refractivity contribution in [2.75, 3.05) is 29.6 Å². The Morgan fingerprint density at radius 2 is 1.37 bits per heavy atom. The highest BCUT2D eigenvalue weighted by Gasteiger charge is 2.55. The third-order valence-electron chi connectivity index (χ3n) is 7.12. The molecule has 41 heavy (non-hydrogen) atoms. The number of aromatic nitrogens is 2. The van der Waals surface area contributed by atoms with E-state index in [0.717, 1.165) is 4.90 Å². The van der Waals surface area contributed by atoms with Gasteiger partial charge in [-0.05, 0) is 43.2 Å². The van der Waals surface area contributed by atoms with Crippen LogP contribution in [0.15, 0.2) is 54.6 Å². The highest BCUT2D eigenvalue weighted by atomic mass is 35.5. The summed E-state index contributed by atoms with van der Waals surface area (Å²) in [5, 5.41) is 0.0273. The summed E-state index contributed by atoms with van der Waals surface area (Å²) in [6.45, 7) is -0.219. The van der Waals surface area contributed by atoms with Crippen LogP contribution in [0.2, 0.25) is 10.3 Å². The van der Waals surface area contributed by atoms with Gasteiger partial charge in [0.15, 0.2) is 0 Å². The van der Waals surface area contributed by atoms with Crippen molar-refractivity contribution < 1.29 is 35.9 Å². The number of hydrogen-bond donors (Lipinski definition) is 0. The second-order valence-corrected chi connectivity index (χ2v) is 10.3. The van der Waals surface area contributed by atoms with Crippen LogP contribution in [0, 0.1) is 0 Å². The number of hydrogen-bond acceptors (Lipinski definition) is 5. The van der Waals surface area contributed by atoms with E-state index in [1.54, 1.807) is 35.2 Å². The van der Waals surface area contributed by atoms with Gasteiger partial charge >= 0.3 is 12.4 Å². The van der Waals surface area contributed by atoms with Crippen molar-refractivity contribution in [3.05, 3.63) is 81.6 Å². The molecule has 1 aromatic heterocycles. The maximum absolute atomic E-state index is 13.9. The van der Waals surface area contributed by atoms with Crippen LogP contribution in [0.25, 0.3) is 0 Å². The fraction of sp³-hybridized carbons (Fsp3) is 0.308. The van der Waals surface area contributed by atoms with E-state index in [0.29, 0.717) is 17.8 Å². The lowest BCUT2D eigenvalue weighted by atomic mass is 9.85. The van der Waals surface area contributed by atoms with E-state index in [1.165, 1.54) is 11.0 Å². The second kappa shape index (κ2) is 10.4. The number of carbonyl (C=O) groups excluding carboxylic acids is 2. The van der Waals surface area contributed by atoms with Crippen LogP contribution in [-0.2, 0) is 17.1 Å². The maximum atomic E-state index is 13.9. The second-order valence-electron chi connectivity index (χ2n) is 9.57. The molecule has 216 valence electrons. The summed E-state index contributed by atoms with van der Waals surface area (Å²) >= 11 is 12.1. The minimum atomic E-state index is -5.09. The number of rotatable bonds is 3. The van der Waals surface area contributed by atoms with Crippen LogP contribution in [0.1, 0.15) is 34.3 Å². The minimum Gasteiger partial charge on any atom is -0.338 e. The molecule has 0 atom stereocenters. The van der Waals surface area contributed by atoms with Crippen molar-refractivity contribution in [3.8, 4) is 0 Å². The molecule has 2 aliphatic heterocycles. The molecule has 2 aliphatic rings. The average molecular weight is 618 g/mol. The smallest absolute Gasteiger partial charge is 0.338 e. The molecule has 2 amide bonds. The molecule has 0 unspecified atom stereocenters. The fourth-order valence-electron chi connectivity index (χ4n) is 5.12.